The largest absolute Gasteiger partial charge is 0.294 e. The quantitative estimate of drug-likeness (QED) is 0.778. The molecule has 0 atom stereocenters. The van der Waals surface area contributed by atoms with E-state index in [0.717, 1.165) is 10.5 Å². The monoisotopic (exact) mass is 246 g/mol. The first-order valence-electron chi connectivity index (χ1n) is 4.22. The fourth-order valence-electron chi connectivity index (χ4n) is 1.27. The summed E-state index contributed by atoms with van der Waals surface area (Å²) in [5.74, 6) is 0. The molecule has 0 saturated carbocycles. The van der Waals surface area contributed by atoms with Crippen molar-refractivity contribution in [3.8, 4) is 0 Å². The molecular formula is C7H10N4O2S2. The molecule has 0 spiro atoms. The molecule has 0 bridgehead atoms. The maximum atomic E-state index is 10.6. The van der Waals surface area contributed by atoms with E-state index in [0.29, 0.717) is 13.0 Å². The lowest BCUT2D eigenvalue weighted by molar-refractivity contribution is 0.583. The summed E-state index contributed by atoms with van der Waals surface area (Å²) in [5, 5.41) is 6.79. The minimum Gasteiger partial charge on any atom is -0.294 e. The van der Waals surface area contributed by atoms with E-state index in [9.17, 15) is 8.42 Å². The van der Waals surface area contributed by atoms with E-state index >= 15 is 0 Å². The van der Waals surface area contributed by atoms with Gasteiger partial charge < -0.3 is 0 Å². The Balaban J connectivity index is 2.04. The second kappa shape index (κ2) is 3.89. The van der Waals surface area contributed by atoms with Crippen molar-refractivity contribution in [3.05, 3.63) is 23.6 Å². The summed E-state index contributed by atoms with van der Waals surface area (Å²) in [7, 11) is -3.59. The fraction of sp³-hybridized carbons (Fsp3) is 0.286. The summed E-state index contributed by atoms with van der Waals surface area (Å²) in [5.41, 5.74) is 1.02. The van der Waals surface area contributed by atoms with Gasteiger partial charge in [0.15, 0.2) is 0 Å². The van der Waals surface area contributed by atoms with Crippen molar-refractivity contribution in [1.82, 2.24) is 14.1 Å². The predicted octanol–water partition coefficient (Wildman–Crippen LogP) is -0.269. The Morgan fingerprint density at radius 2 is 2.40 bits per heavy atom. The molecule has 0 saturated heterocycles. The van der Waals surface area contributed by atoms with Crippen LogP contribution in [0, 0.1) is 0 Å². The molecule has 2 aromatic heterocycles. The highest BCUT2D eigenvalue weighted by Crippen LogP contribution is 2.15. The highest BCUT2D eigenvalue weighted by molar-refractivity contribution is 7.87. The third-order valence-corrected chi connectivity index (χ3v) is 3.45. The number of nitrogens with two attached hydrogens (primary N) is 1. The topological polar surface area (TPSA) is 89.5 Å². The van der Waals surface area contributed by atoms with Crippen LogP contribution >= 0.6 is 11.3 Å². The first-order valence-corrected chi connectivity index (χ1v) is 6.65. The molecule has 82 valence electrons. The number of nitrogens with zero attached hydrogens (tertiary/aromatic N) is 2. The third kappa shape index (κ3) is 2.53. The molecule has 0 aromatic carbocycles. The number of fused-ring (bicyclic) bond motifs is 1. The van der Waals surface area contributed by atoms with Crippen molar-refractivity contribution in [2.24, 2.45) is 5.14 Å². The van der Waals surface area contributed by atoms with E-state index in [4.69, 9.17) is 5.14 Å². The van der Waals surface area contributed by atoms with E-state index in [1.54, 1.807) is 23.9 Å². The lowest BCUT2D eigenvalue weighted by atomic mass is 10.3. The minimum atomic E-state index is -3.59. The maximum absolute atomic E-state index is 10.6. The van der Waals surface area contributed by atoms with Crippen LogP contribution in [0.15, 0.2) is 17.9 Å². The van der Waals surface area contributed by atoms with Crippen LogP contribution in [0.5, 0.6) is 0 Å². The Bertz CT molecular complexity index is 556. The predicted molar refractivity (Wildman–Crippen MR) is 57.9 cm³/mol. The van der Waals surface area contributed by atoms with Gasteiger partial charge in [0, 0.05) is 24.0 Å². The molecule has 0 amide bonds. The van der Waals surface area contributed by atoms with Gasteiger partial charge in [-0.05, 0) is 0 Å². The van der Waals surface area contributed by atoms with Crippen LogP contribution in [0.4, 0.5) is 0 Å². The van der Waals surface area contributed by atoms with Gasteiger partial charge in [0.25, 0.3) is 10.2 Å². The normalized spacial score (nSPS) is 12.3. The molecule has 0 radical (unpaired) electrons. The molecule has 2 rings (SSSR count). The average Bonchev–Trinajstić information content (AvgIpc) is 2.66. The average molecular weight is 246 g/mol. The molecular weight excluding hydrogens is 236 g/mol. The maximum Gasteiger partial charge on any atom is 0.274 e. The minimum absolute atomic E-state index is 0.294. The molecule has 2 heterocycles. The van der Waals surface area contributed by atoms with Crippen LogP contribution in [0.1, 0.15) is 5.69 Å². The van der Waals surface area contributed by atoms with Gasteiger partial charge >= 0.3 is 0 Å². The van der Waals surface area contributed by atoms with Gasteiger partial charge in [0.1, 0.15) is 11.2 Å². The highest BCUT2D eigenvalue weighted by Gasteiger charge is 2.05. The summed E-state index contributed by atoms with van der Waals surface area (Å²) < 4.78 is 25.4. The lowest BCUT2D eigenvalue weighted by Crippen LogP contribution is -2.32. The van der Waals surface area contributed by atoms with Crippen molar-refractivity contribution >= 4 is 26.4 Å². The molecule has 0 fully saturated rings. The zero-order valence-electron chi connectivity index (χ0n) is 7.75. The van der Waals surface area contributed by atoms with Gasteiger partial charge in [-0.3, -0.25) is 4.40 Å². The van der Waals surface area contributed by atoms with Crippen molar-refractivity contribution in [3.63, 3.8) is 0 Å². The van der Waals surface area contributed by atoms with Gasteiger partial charge in [-0.2, -0.15) is 8.42 Å². The van der Waals surface area contributed by atoms with Crippen molar-refractivity contribution in [1.29, 1.82) is 0 Å². The van der Waals surface area contributed by atoms with E-state index in [2.05, 4.69) is 9.71 Å². The fourth-order valence-corrected chi connectivity index (χ4v) is 2.55. The Hall–Kier alpha value is -0.960. The number of rotatable bonds is 4. The smallest absolute Gasteiger partial charge is 0.274 e. The van der Waals surface area contributed by atoms with Crippen LogP contribution in [-0.4, -0.2) is 24.3 Å². The van der Waals surface area contributed by atoms with E-state index in [-0.39, 0.29) is 0 Å². The first kappa shape index (κ1) is 10.6. The van der Waals surface area contributed by atoms with Gasteiger partial charge in [0.2, 0.25) is 0 Å². The molecule has 0 aliphatic carbocycles. The molecule has 0 aliphatic rings. The van der Waals surface area contributed by atoms with E-state index in [1.807, 2.05) is 9.78 Å². The molecule has 3 N–H and O–H groups in total. The summed E-state index contributed by atoms with van der Waals surface area (Å²) in [4.78, 5) is 5.03. The van der Waals surface area contributed by atoms with Crippen LogP contribution < -0.4 is 9.86 Å². The summed E-state index contributed by atoms with van der Waals surface area (Å²) >= 11 is 1.57. The summed E-state index contributed by atoms with van der Waals surface area (Å²) in [6, 6.07) is 0. The van der Waals surface area contributed by atoms with Crippen LogP contribution in [0.25, 0.3) is 4.83 Å². The summed E-state index contributed by atoms with van der Waals surface area (Å²) in [6.45, 7) is 0.294. The Kier molecular flexibility index (Phi) is 2.74. The van der Waals surface area contributed by atoms with Crippen LogP contribution in [-0.2, 0) is 16.6 Å². The van der Waals surface area contributed by atoms with Crippen LogP contribution in [0.2, 0.25) is 0 Å². The van der Waals surface area contributed by atoms with Crippen LogP contribution in [0.3, 0.4) is 0 Å². The molecule has 0 unspecified atom stereocenters. The second-order valence-electron chi connectivity index (χ2n) is 3.02. The van der Waals surface area contributed by atoms with Gasteiger partial charge in [-0.25, -0.2) is 14.8 Å². The number of hydrogen-bond donors (Lipinski definition) is 2. The number of aromatic nitrogens is 2. The summed E-state index contributed by atoms with van der Waals surface area (Å²) in [6.07, 6.45) is 4.06. The zero-order valence-corrected chi connectivity index (χ0v) is 9.38. The zero-order chi connectivity index (χ0) is 10.9. The van der Waals surface area contributed by atoms with Gasteiger partial charge in [-0.1, -0.05) is 0 Å². The number of thiazole rings is 1. The second-order valence-corrected chi connectivity index (χ2v) is 5.29. The van der Waals surface area contributed by atoms with E-state index in [1.165, 1.54) is 0 Å². The van der Waals surface area contributed by atoms with Gasteiger partial charge in [0.05, 0.1) is 6.20 Å². The Labute approximate surface area is 90.9 Å². The SMILES string of the molecule is NS(=O)(=O)NCCc1csc2cncn12. The van der Waals surface area contributed by atoms with E-state index < -0.39 is 10.2 Å². The lowest BCUT2D eigenvalue weighted by Gasteiger charge is -2.00. The molecule has 6 nitrogen and oxygen atoms in total. The van der Waals surface area contributed by atoms with Crippen molar-refractivity contribution in [2.45, 2.75) is 6.42 Å². The molecule has 15 heavy (non-hydrogen) atoms. The van der Waals surface area contributed by atoms with Crippen molar-refractivity contribution < 1.29 is 8.42 Å². The van der Waals surface area contributed by atoms with Gasteiger partial charge in [-0.15, -0.1) is 11.3 Å². The first-order chi connectivity index (χ1) is 7.06. The van der Waals surface area contributed by atoms with Crippen molar-refractivity contribution in [2.75, 3.05) is 6.54 Å². The number of nitrogens with one attached hydrogen (secondary N) is 1. The Morgan fingerprint density at radius 1 is 1.60 bits per heavy atom. The standard InChI is InChI=1S/C7H10N4O2S2/c8-15(12,13)10-2-1-6-4-14-7-3-9-5-11(6)7/h3-5,10H,1-2H2,(H2,8,12,13). The number of hydrogen-bond acceptors (Lipinski definition) is 4. The number of imidazole rings is 1. The molecule has 0 aliphatic heterocycles. The third-order valence-electron chi connectivity index (χ3n) is 1.91. The molecule has 2 aromatic rings. The highest BCUT2D eigenvalue weighted by atomic mass is 32.2. The molecule has 8 heteroatoms. The Morgan fingerprint density at radius 3 is 3.13 bits per heavy atom.